The van der Waals surface area contributed by atoms with Crippen LogP contribution in [0, 0.1) is 0 Å². The van der Waals surface area contributed by atoms with Crippen LogP contribution in [0.15, 0.2) is 41.7 Å². The molecule has 0 unspecified atom stereocenters. The summed E-state index contributed by atoms with van der Waals surface area (Å²) in [6, 6.07) is 9.08. The van der Waals surface area contributed by atoms with E-state index < -0.39 is 0 Å². The Bertz CT molecular complexity index is 812. The molecular weight excluding hydrogens is 353 g/mol. The molecule has 0 radical (unpaired) electrons. The van der Waals surface area contributed by atoms with Crippen molar-refractivity contribution in [3.63, 3.8) is 0 Å². The van der Waals surface area contributed by atoms with Crippen molar-refractivity contribution >= 4 is 40.8 Å². The number of hydrogen-bond acceptors (Lipinski definition) is 5. The van der Waals surface area contributed by atoms with Gasteiger partial charge in [-0.1, -0.05) is 41.0 Å². The second-order valence-corrected chi connectivity index (χ2v) is 6.58. The van der Waals surface area contributed by atoms with E-state index in [9.17, 15) is 0 Å². The Hall–Kier alpha value is -1.76. The van der Waals surface area contributed by atoms with E-state index in [4.69, 9.17) is 28.9 Å². The number of halogens is 2. The average molecular weight is 366 g/mol. The molecule has 2 N–H and O–H groups in total. The maximum Gasteiger partial charge on any atom is 0.191 e. The summed E-state index contributed by atoms with van der Waals surface area (Å²) in [4.78, 5) is 4.08. The number of nitrogen functional groups attached to an aromatic ring is 1. The summed E-state index contributed by atoms with van der Waals surface area (Å²) in [6.07, 6.45) is 1.68. The summed E-state index contributed by atoms with van der Waals surface area (Å²) in [7, 11) is 1.90. The van der Waals surface area contributed by atoms with Crippen LogP contribution in [0.4, 0.5) is 5.82 Å². The molecule has 0 aliphatic heterocycles. The number of rotatable bonds is 4. The van der Waals surface area contributed by atoms with Crippen LogP contribution in [-0.4, -0.2) is 19.7 Å². The number of thioether (sulfide) groups is 1. The molecule has 0 fully saturated rings. The van der Waals surface area contributed by atoms with Crippen LogP contribution in [-0.2, 0) is 12.8 Å². The van der Waals surface area contributed by atoms with Crippen molar-refractivity contribution in [1.82, 2.24) is 19.7 Å². The Kier molecular flexibility index (Phi) is 4.75. The van der Waals surface area contributed by atoms with Crippen LogP contribution < -0.4 is 5.73 Å². The van der Waals surface area contributed by atoms with Crippen molar-refractivity contribution in [3.05, 3.63) is 52.1 Å². The maximum atomic E-state index is 6.19. The first kappa shape index (κ1) is 16.1. The Balaban J connectivity index is 1.81. The molecule has 0 spiro atoms. The monoisotopic (exact) mass is 365 g/mol. The summed E-state index contributed by atoms with van der Waals surface area (Å²) in [5, 5.41) is 10.5. The van der Waals surface area contributed by atoms with Crippen molar-refractivity contribution in [2.24, 2.45) is 7.05 Å². The topological polar surface area (TPSA) is 69.6 Å². The van der Waals surface area contributed by atoms with Gasteiger partial charge in [-0.05, 0) is 29.8 Å². The highest BCUT2D eigenvalue weighted by atomic mass is 35.5. The number of nitrogens with zero attached hydrogens (tertiary/aromatic N) is 4. The van der Waals surface area contributed by atoms with Gasteiger partial charge in [-0.3, -0.25) is 0 Å². The Morgan fingerprint density at radius 3 is 2.52 bits per heavy atom. The van der Waals surface area contributed by atoms with E-state index >= 15 is 0 Å². The fourth-order valence-electron chi connectivity index (χ4n) is 2.04. The lowest BCUT2D eigenvalue weighted by atomic mass is 10.2. The minimum Gasteiger partial charge on any atom is -0.384 e. The van der Waals surface area contributed by atoms with Crippen LogP contribution in [0.1, 0.15) is 5.56 Å². The second kappa shape index (κ2) is 6.78. The molecule has 23 heavy (non-hydrogen) atoms. The second-order valence-electron chi connectivity index (χ2n) is 4.83. The van der Waals surface area contributed by atoms with Crippen LogP contribution in [0.5, 0.6) is 0 Å². The molecular formula is C15H13Cl2N5S. The Labute approximate surface area is 147 Å². The Morgan fingerprint density at radius 1 is 1.13 bits per heavy atom. The van der Waals surface area contributed by atoms with Gasteiger partial charge in [-0.15, -0.1) is 10.2 Å². The third-order valence-electron chi connectivity index (χ3n) is 3.29. The normalized spacial score (nSPS) is 10.9. The number of hydrogen-bond donors (Lipinski definition) is 1. The van der Waals surface area contributed by atoms with E-state index in [1.54, 1.807) is 12.3 Å². The summed E-state index contributed by atoms with van der Waals surface area (Å²) >= 11 is 13.9. The smallest absolute Gasteiger partial charge is 0.191 e. The third-order valence-corrected chi connectivity index (χ3v) is 5.04. The van der Waals surface area contributed by atoms with Gasteiger partial charge in [0.15, 0.2) is 11.0 Å². The van der Waals surface area contributed by atoms with Gasteiger partial charge in [0.25, 0.3) is 0 Å². The first-order valence-electron chi connectivity index (χ1n) is 6.73. The summed E-state index contributed by atoms with van der Waals surface area (Å²) in [5.74, 6) is 1.81. The molecule has 8 heteroatoms. The van der Waals surface area contributed by atoms with Crippen molar-refractivity contribution in [1.29, 1.82) is 0 Å². The first-order chi connectivity index (χ1) is 11.1. The van der Waals surface area contributed by atoms with Crippen LogP contribution in [0.2, 0.25) is 10.0 Å². The van der Waals surface area contributed by atoms with Crippen LogP contribution >= 0.6 is 35.0 Å². The average Bonchev–Trinajstić information content (AvgIpc) is 2.89. The molecule has 5 nitrogen and oxygen atoms in total. The maximum absolute atomic E-state index is 6.19. The lowest BCUT2D eigenvalue weighted by Crippen LogP contribution is -1.96. The predicted octanol–water partition coefficient (Wildman–Crippen LogP) is 4.06. The minimum absolute atomic E-state index is 0.471. The highest BCUT2D eigenvalue weighted by Gasteiger charge is 2.13. The van der Waals surface area contributed by atoms with E-state index in [2.05, 4.69) is 15.2 Å². The number of benzene rings is 1. The fraction of sp³-hybridized carbons (Fsp3) is 0.133. The quantitative estimate of drug-likeness (QED) is 0.706. The number of aromatic nitrogens is 4. The molecule has 2 aromatic heterocycles. The van der Waals surface area contributed by atoms with Gasteiger partial charge in [0.2, 0.25) is 0 Å². The number of anilines is 1. The summed E-state index contributed by atoms with van der Waals surface area (Å²) < 4.78 is 1.91. The lowest BCUT2D eigenvalue weighted by Gasteiger charge is -2.07. The zero-order chi connectivity index (χ0) is 16.4. The lowest BCUT2D eigenvalue weighted by molar-refractivity contribution is 0.793. The standard InChI is InChI=1S/C15H13Cl2N5S/c1-22-14(9-5-6-13(18)19-7-9)20-21-15(22)23-8-10-11(16)3-2-4-12(10)17/h2-7H,8H2,1H3,(H2,18,19). The van der Waals surface area contributed by atoms with Gasteiger partial charge in [-0.2, -0.15) is 0 Å². The van der Waals surface area contributed by atoms with Gasteiger partial charge >= 0.3 is 0 Å². The van der Waals surface area contributed by atoms with Gasteiger partial charge in [0, 0.05) is 34.6 Å². The van der Waals surface area contributed by atoms with E-state index in [0.29, 0.717) is 21.6 Å². The third kappa shape index (κ3) is 3.44. The highest BCUT2D eigenvalue weighted by Crippen LogP contribution is 2.31. The molecule has 0 amide bonds. The van der Waals surface area contributed by atoms with Gasteiger partial charge in [0.05, 0.1) is 0 Å². The molecule has 0 atom stereocenters. The number of nitrogens with two attached hydrogens (primary N) is 1. The molecule has 0 aliphatic carbocycles. The molecule has 2 heterocycles. The molecule has 1 aromatic carbocycles. The molecule has 118 valence electrons. The first-order valence-corrected chi connectivity index (χ1v) is 8.47. The van der Waals surface area contributed by atoms with Gasteiger partial charge in [-0.25, -0.2) is 4.98 Å². The van der Waals surface area contributed by atoms with E-state index in [-0.39, 0.29) is 0 Å². The molecule has 0 bridgehead atoms. The van der Waals surface area contributed by atoms with E-state index in [1.165, 1.54) is 11.8 Å². The zero-order valence-electron chi connectivity index (χ0n) is 12.2. The summed E-state index contributed by atoms with van der Waals surface area (Å²) in [6.45, 7) is 0. The van der Waals surface area contributed by atoms with Crippen LogP contribution in [0.3, 0.4) is 0 Å². The van der Waals surface area contributed by atoms with E-state index in [0.717, 1.165) is 22.1 Å². The SMILES string of the molecule is Cn1c(SCc2c(Cl)cccc2Cl)nnc1-c1ccc(N)nc1. The van der Waals surface area contributed by atoms with Crippen molar-refractivity contribution in [2.45, 2.75) is 10.9 Å². The van der Waals surface area contributed by atoms with E-state index in [1.807, 2.05) is 35.9 Å². The molecule has 0 aliphatic rings. The molecule has 0 saturated carbocycles. The van der Waals surface area contributed by atoms with Gasteiger partial charge in [0.1, 0.15) is 5.82 Å². The largest absolute Gasteiger partial charge is 0.384 e. The van der Waals surface area contributed by atoms with Gasteiger partial charge < -0.3 is 10.3 Å². The molecule has 0 saturated heterocycles. The van der Waals surface area contributed by atoms with Crippen LogP contribution in [0.25, 0.3) is 11.4 Å². The molecule has 3 aromatic rings. The summed E-state index contributed by atoms with van der Waals surface area (Å²) in [5.41, 5.74) is 7.35. The fourth-order valence-corrected chi connectivity index (χ4v) is 3.69. The number of pyridine rings is 1. The zero-order valence-corrected chi connectivity index (χ0v) is 14.5. The van der Waals surface area contributed by atoms with Crippen molar-refractivity contribution in [3.8, 4) is 11.4 Å². The van der Waals surface area contributed by atoms with Crippen molar-refractivity contribution in [2.75, 3.05) is 5.73 Å². The molecule has 3 rings (SSSR count). The minimum atomic E-state index is 0.471. The highest BCUT2D eigenvalue weighted by molar-refractivity contribution is 7.98. The Morgan fingerprint density at radius 2 is 1.87 bits per heavy atom. The van der Waals surface area contributed by atoms with Crippen molar-refractivity contribution < 1.29 is 0 Å². The predicted molar refractivity (Wildman–Crippen MR) is 94.7 cm³/mol.